The van der Waals surface area contributed by atoms with Crippen LogP contribution in [0.15, 0.2) is 23.4 Å². The number of aromatic nitrogens is 3. The summed E-state index contributed by atoms with van der Waals surface area (Å²) in [6.07, 6.45) is 0.456. The molecule has 2 heterocycles. The maximum atomic E-state index is 14.1. The smallest absolute Gasteiger partial charge is 0.321 e. The molecule has 2 aromatic heterocycles. The molecule has 5 rings (SSSR count). The Morgan fingerprint density at radius 3 is 2.55 bits per heavy atom. The number of halogens is 5. The van der Waals surface area contributed by atoms with Crippen molar-refractivity contribution >= 4 is 23.4 Å². The minimum atomic E-state index is -4.73. The fourth-order valence-electron chi connectivity index (χ4n) is 5.43. The molecule has 3 saturated carbocycles. The van der Waals surface area contributed by atoms with Crippen molar-refractivity contribution in [3.05, 3.63) is 35.3 Å². The number of hydrogen-bond acceptors (Lipinski definition) is 4. The highest BCUT2D eigenvalue weighted by molar-refractivity contribution is 7.98. The molecule has 3 fully saturated rings. The van der Waals surface area contributed by atoms with Crippen LogP contribution in [0.4, 0.5) is 27.6 Å². The zero-order valence-corrected chi connectivity index (χ0v) is 18.7. The van der Waals surface area contributed by atoms with Crippen molar-refractivity contribution in [1.29, 1.82) is 0 Å². The molecule has 11 heteroatoms. The fraction of sp³-hybridized carbons (Fsp3) is 0.591. The number of rotatable bonds is 6. The van der Waals surface area contributed by atoms with E-state index in [-0.39, 0.29) is 36.9 Å². The molecule has 2 aromatic rings. The lowest BCUT2D eigenvalue weighted by molar-refractivity contribution is -0.208. The molecule has 3 aliphatic rings. The van der Waals surface area contributed by atoms with Crippen molar-refractivity contribution in [3.63, 3.8) is 0 Å². The Hall–Kier alpha value is -2.17. The van der Waals surface area contributed by atoms with Crippen LogP contribution in [-0.4, -0.2) is 32.8 Å². The summed E-state index contributed by atoms with van der Waals surface area (Å²) >= 11 is 1.35. The number of hydrogen-bond donors (Lipinski definition) is 1. The molecule has 1 amide bonds. The van der Waals surface area contributed by atoms with E-state index in [1.54, 1.807) is 12.3 Å². The molecular weight excluding hydrogens is 463 g/mol. The van der Waals surface area contributed by atoms with Crippen LogP contribution in [0.5, 0.6) is 0 Å². The Kier molecular flexibility index (Phi) is 5.26. The summed E-state index contributed by atoms with van der Waals surface area (Å²) in [6, 6.07) is 3.10. The van der Waals surface area contributed by atoms with Crippen LogP contribution < -0.4 is 5.32 Å². The lowest BCUT2D eigenvalue weighted by atomic mass is 9.50. The SMILES string of the molecule is CSc1cc(NC(=O)c2c(C(F)(F)F)c(C3CC3)nn2CC2CC3(C2)CC(F)(F)C3)ccn1. The summed E-state index contributed by atoms with van der Waals surface area (Å²) in [6.45, 7) is 0.109. The molecule has 0 radical (unpaired) electrons. The van der Waals surface area contributed by atoms with Crippen LogP contribution in [0.3, 0.4) is 0 Å². The second kappa shape index (κ2) is 7.68. The first-order valence-electron chi connectivity index (χ1n) is 10.9. The minimum Gasteiger partial charge on any atom is -0.321 e. The first kappa shape index (κ1) is 22.6. The normalized spacial score (nSPS) is 21.5. The topological polar surface area (TPSA) is 59.8 Å². The van der Waals surface area contributed by atoms with E-state index in [0.29, 0.717) is 36.4 Å². The van der Waals surface area contributed by atoms with Gasteiger partial charge in [-0.15, -0.1) is 11.8 Å². The van der Waals surface area contributed by atoms with Gasteiger partial charge in [0.05, 0.1) is 10.7 Å². The number of pyridine rings is 1. The second-order valence-corrected chi connectivity index (χ2v) is 10.4. The Labute approximate surface area is 191 Å². The molecule has 1 spiro atoms. The molecule has 178 valence electrons. The maximum Gasteiger partial charge on any atom is 0.420 e. The number of carbonyl (C=O) groups excluding carboxylic acids is 1. The third-order valence-corrected chi connectivity index (χ3v) is 7.43. The molecule has 0 saturated heterocycles. The minimum absolute atomic E-state index is 0.0790. The van der Waals surface area contributed by atoms with E-state index in [4.69, 9.17) is 0 Å². The Balaban J connectivity index is 1.43. The van der Waals surface area contributed by atoms with Gasteiger partial charge in [0, 0.05) is 37.2 Å². The van der Waals surface area contributed by atoms with E-state index in [1.807, 2.05) is 0 Å². The predicted molar refractivity (Wildman–Crippen MR) is 113 cm³/mol. The van der Waals surface area contributed by atoms with E-state index in [1.165, 1.54) is 24.0 Å². The first-order chi connectivity index (χ1) is 15.5. The van der Waals surface area contributed by atoms with Crippen molar-refractivity contribution in [3.8, 4) is 0 Å². The van der Waals surface area contributed by atoms with Gasteiger partial charge in [0.25, 0.3) is 5.91 Å². The Morgan fingerprint density at radius 2 is 1.97 bits per heavy atom. The van der Waals surface area contributed by atoms with Crippen molar-refractivity contribution in [2.45, 2.75) is 68.1 Å². The van der Waals surface area contributed by atoms with Gasteiger partial charge in [0.15, 0.2) is 0 Å². The van der Waals surface area contributed by atoms with E-state index in [0.717, 1.165) is 4.68 Å². The van der Waals surface area contributed by atoms with Crippen LogP contribution in [0.1, 0.15) is 66.2 Å². The molecule has 5 nitrogen and oxygen atoms in total. The highest BCUT2D eigenvalue weighted by Gasteiger charge is 2.61. The van der Waals surface area contributed by atoms with Gasteiger partial charge in [-0.1, -0.05) is 0 Å². The molecule has 3 aliphatic carbocycles. The highest BCUT2D eigenvalue weighted by atomic mass is 32.2. The molecule has 0 unspecified atom stereocenters. The largest absolute Gasteiger partial charge is 0.420 e. The number of carbonyl (C=O) groups is 1. The van der Waals surface area contributed by atoms with Crippen molar-refractivity contribution < 1.29 is 26.7 Å². The van der Waals surface area contributed by atoms with Gasteiger partial charge in [-0.25, -0.2) is 13.8 Å². The number of nitrogens with one attached hydrogen (secondary N) is 1. The Morgan fingerprint density at radius 1 is 1.27 bits per heavy atom. The quantitative estimate of drug-likeness (QED) is 0.404. The predicted octanol–water partition coefficient (Wildman–Crippen LogP) is 5.97. The van der Waals surface area contributed by atoms with Gasteiger partial charge in [0.1, 0.15) is 11.3 Å². The average Bonchev–Trinajstić information content (AvgIpc) is 3.45. The van der Waals surface area contributed by atoms with E-state index < -0.39 is 34.7 Å². The summed E-state index contributed by atoms with van der Waals surface area (Å²) in [5.41, 5.74) is -1.64. The molecule has 0 bridgehead atoms. The standard InChI is InChI=1S/C22H23F5N4OS/c1-33-15-6-14(4-5-28-15)29-19(32)18-16(22(25,26)27)17(13-2-3-13)30-31(18)9-12-7-20(8-12)10-21(23,24)11-20/h4-6,12-13H,2-3,7-11H2,1H3,(H,28,29,32). The van der Waals surface area contributed by atoms with Crippen LogP contribution in [0.25, 0.3) is 0 Å². The molecule has 0 aromatic carbocycles. The van der Waals surface area contributed by atoms with Crippen LogP contribution in [0, 0.1) is 11.3 Å². The zero-order valence-electron chi connectivity index (χ0n) is 17.9. The fourth-order valence-corrected chi connectivity index (χ4v) is 5.84. The molecular formula is C22H23F5N4OS. The van der Waals surface area contributed by atoms with Crippen LogP contribution in [0.2, 0.25) is 0 Å². The second-order valence-electron chi connectivity index (χ2n) is 9.59. The summed E-state index contributed by atoms with van der Waals surface area (Å²) in [4.78, 5) is 17.2. The first-order valence-corrected chi connectivity index (χ1v) is 12.1. The van der Waals surface area contributed by atoms with Gasteiger partial charge >= 0.3 is 6.18 Å². The average molecular weight is 487 g/mol. The van der Waals surface area contributed by atoms with Gasteiger partial charge < -0.3 is 5.32 Å². The summed E-state index contributed by atoms with van der Waals surface area (Å²) < 4.78 is 70.1. The van der Waals surface area contributed by atoms with E-state index in [2.05, 4.69) is 15.4 Å². The third-order valence-electron chi connectivity index (χ3n) is 6.79. The number of anilines is 1. The maximum absolute atomic E-state index is 14.1. The highest BCUT2D eigenvalue weighted by Crippen LogP contribution is 2.64. The number of nitrogens with zero attached hydrogens (tertiary/aromatic N) is 3. The van der Waals surface area contributed by atoms with Gasteiger partial charge in [-0.2, -0.15) is 18.3 Å². The van der Waals surface area contributed by atoms with Gasteiger partial charge in [-0.3, -0.25) is 9.48 Å². The summed E-state index contributed by atoms with van der Waals surface area (Å²) in [5.74, 6) is -3.91. The number of thioether (sulfide) groups is 1. The van der Waals surface area contributed by atoms with Crippen LogP contribution in [-0.2, 0) is 12.7 Å². The van der Waals surface area contributed by atoms with Crippen molar-refractivity contribution in [2.75, 3.05) is 11.6 Å². The number of alkyl halides is 5. The number of amides is 1. The summed E-state index contributed by atoms with van der Waals surface area (Å²) in [7, 11) is 0. The molecule has 1 N–H and O–H groups in total. The van der Waals surface area contributed by atoms with Crippen molar-refractivity contribution in [2.24, 2.45) is 11.3 Å². The lowest BCUT2D eigenvalue weighted by Gasteiger charge is -2.57. The lowest BCUT2D eigenvalue weighted by Crippen LogP contribution is -2.54. The van der Waals surface area contributed by atoms with Crippen LogP contribution >= 0.6 is 11.8 Å². The monoisotopic (exact) mass is 486 g/mol. The summed E-state index contributed by atoms with van der Waals surface area (Å²) in [5, 5.41) is 7.43. The third kappa shape index (κ3) is 4.36. The zero-order chi connectivity index (χ0) is 23.6. The van der Waals surface area contributed by atoms with Gasteiger partial charge in [0.2, 0.25) is 5.92 Å². The van der Waals surface area contributed by atoms with E-state index in [9.17, 15) is 26.7 Å². The Bertz CT molecular complexity index is 1080. The molecule has 33 heavy (non-hydrogen) atoms. The molecule has 0 atom stereocenters. The van der Waals surface area contributed by atoms with Crippen molar-refractivity contribution in [1.82, 2.24) is 14.8 Å². The van der Waals surface area contributed by atoms with E-state index >= 15 is 0 Å². The van der Waals surface area contributed by atoms with Gasteiger partial charge in [-0.05, 0) is 55.4 Å². The molecule has 0 aliphatic heterocycles.